The number of carbonyl (C=O) groups excluding carboxylic acids is 3. The molecule has 1 aliphatic heterocycles. The first-order valence-corrected chi connectivity index (χ1v) is 9.95. The largest absolute Gasteiger partial charge is 0.494 e. The zero-order chi connectivity index (χ0) is 21.3. The Kier molecular flexibility index (Phi) is 8.30. The van der Waals surface area contributed by atoms with Gasteiger partial charge in [0.25, 0.3) is 0 Å². The Morgan fingerprint density at radius 1 is 0.966 bits per heavy atom. The van der Waals surface area contributed by atoms with E-state index in [1.165, 1.54) is 0 Å². The van der Waals surface area contributed by atoms with Crippen LogP contribution in [0.25, 0.3) is 0 Å². The van der Waals surface area contributed by atoms with E-state index >= 15 is 0 Å². The van der Waals surface area contributed by atoms with Gasteiger partial charge in [0, 0.05) is 32.6 Å². The number of benzene rings is 1. The van der Waals surface area contributed by atoms with E-state index in [2.05, 4.69) is 5.32 Å². The molecule has 1 aromatic carbocycles. The molecular formula is C21H31N3O5. The molecule has 1 aliphatic rings. The van der Waals surface area contributed by atoms with E-state index in [4.69, 9.17) is 9.47 Å². The molecule has 0 aromatic heterocycles. The Hall–Kier alpha value is -2.77. The van der Waals surface area contributed by atoms with E-state index in [-0.39, 0.29) is 18.4 Å². The van der Waals surface area contributed by atoms with Crippen molar-refractivity contribution in [3.63, 3.8) is 0 Å². The molecule has 0 atom stereocenters. The van der Waals surface area contributed by atoms with Gasteiger partial charge in [-0.2, -0.15) is 0 Å². The molecule has 0 radical (unpaired) electrons. The van der Waals surface area contributed by atoms with Crippen LogP contribution in [0.4, 0.5) is 4.79 Å². The van der Waals surface area contributed by atoms with Crippen LogP contribution in [0.1, 0.15) is 33.6 Å². The van der Waals surface area contributed by atoms with E-state index in [1.807, 2.05) is 30.3 Å². The Morgan fingerprint density at radius 3 is 2.14 bits per heavy atom. The fourth-order valence-corrected chi connectivity index (χ4v) is 2.87. The molecule has 1 N–H and O–H groups in total. The second-order valence-corrected chi connectivity index (χ2v) is 7.88. The first-order valence-electron chi connectivity index (χ1n) is 9.95. The van der Waals surface area contributed by atoms with E-state index in [0.29, 0.717) is 45.6 Å². The maximum Gasteiger partial charge on any atom is 0.408 e. The van der Waals surface area contributed by atoms with Crippen LogP contribution in [0.2, 0.25) is 0 Å². The van der Waals surface area contributed by atoms with Crippen LogP contribution in [-0.2, 0) is 14.3 Å². The molecule has 8 nitrogen and oxygen atoms in total. The lowest BCUT2D eigenvalue weighted by atomic mass is 10.2. The van der Waals surface area contributed by atoms with E-state index < -0.39 is 11.7 Å². The fourth-order valence-electron chi connectivity index (χ4n) is 2.87. The first-order chi connectivity index (χ1) is 13.7. The topological polar surface area (TPSA) is 88.2 Å². The normalized spacial score (nSPS) is 14.3. The molecule has 1 aromatic rings. The minimum Gasteiger partial charge on any atom is -0.494 e. The van der Waals surface area contributed by atoms with Crippen LogP contribution in [0, 0.1) is 0 Å². The highest BCUT2D eigenvalue weighted by Gasteiger charge is 2.24. The molecule has 1 saturated heterocycles. The number of hydrogen-bond acceptors (Lipinski definition) is 5. The van der Waals surface area contributed by atoms with Crippen molar-refractivity contribution in [3.05, 3.63) is 30.3 Å². The number of amides is 3. The third kappa shape index (κ3) is 8.41. The van der Waals surface area contributed by atoms with Gasteiger partial charge in [0.2, 0.25) is 11.8 Å². The van der Waals surface area contributed by atoms with Gasteiger partial charge in [0.05, 0.1) is 6.61 Å². The average molecular weight is 405 g/mol. The third-order valence-electron chi connectivity index (χ3n) is 4.31. The summed E-state index contributed by atoms with van der Waals surface area (Å²) in [6.07, 6.45) is 0.450. The average Bonchev–Trinajstić information content (AvgIpc) is 2.69. The van der Waals surface area contributed by atoms with Crippen molar-refractivity contribution < 1.29 is 23.9 Å². The monoisotopic (exact) mass is 405 g/mol. The number of rotatable bonds is 7. The van der Waals surface area contributed by atoms with E-state index in [0.717, 1.165) is 5.75 Å². The molecule has 160 valence electrons. The van der Waals surface area contributed by atoms with Crippen molar-refractivity contribution in [2.75, 3.05) is 39.3 Å². The maximum absolute atomic E-state index is 12.3. The molecule has 1 fully saturated rings. The Labute approximate surface area is 172 Å². The van der Waals surface area contributed by atoms with Crippen molar-refractivity contribution in [2.24, 2.45) is 0 Å². The summed E-state index contributed by atoms with van der Waals surface area (Å²) in [6.45, 7) is 7.58. The lowest BCUT2D eigenvalue weighted by Gasteiger charge is -2.35. The minimum atomic E-state index is -0.614. The summed E-state index contributed by atoms with van der Waals surface area (Å²) in [6, 6.07) is 9.51. The van der Waals surface area contributed by atoms with Crippen molar-refractivity contribution >= 4 is 17.9 Å². The molecule has 3 amide bonds. The van der Waals surface area contributed by atoms with Crippen molar-refractivity contribution in [3.8, 4) is 5.75 Å². The van der Waals surface area contributed by atoms with Gasteiger partial charge in [-0.3, -0.25) is 9.59 Å². The lowest BCUT2D eigenvalue weighted by molar-refractivity contribution is -0.139. The Balaban J connectivity index is 1.61. The lowest BCUT2D eigenvalue weighted by Crippen LogP contribution is -2.52. The molecule has 2 rings (SSSR count). The van der Waals surface area contributed by atoms with Gasteiger partial charge >= 0.3 is 6.09 Å². The predicted molar refractivity (Wildman–Crippen MR) is 109 cm³/mol. The quantitative estimate of drug-likeness (QED) is 0.702. The molecule has 29 heavy (non-hydrogen) atoms. The van der Waals surface area contributed by atoms with E-state index in [9.17, 15) is 14.4 Å². The summed E-state index contributed by atoms with van der Waals surface area (Å²) in [5.74, 6) is 0.687. The summed E-state index contributed by atoms with van der Waals surface area (Å²) in [7, 11) is 0. The van der Waals surface area contributed by atoms with Crippen LogP contribution in [0.15, 0.2) is 30.3 Å². The van der Waals surface area contributed by atoms with Crippen LogP contribution in [0.3, 0.4) is 0 Å². The zero-order valence-electron chi connectivity index (χ0n) is 17.5. The number of piperazine rings is 1. The molecule has 1 heterocycles. The second-order valence-electron chi connectivity index (χ2n) is 7.88. The van der Waals surface area contributed by atoms with Crippen LogP contribution in [-0.4, -0.2) is 72.6 Å². The minimum absolute atomic E-state index is 0.0700. The Morgan fingerprint density at radius 2 is 1.55 bits per heavy atom. The van der Waals surface area contributed by atoms with Crippen molar-refractivity contribution in [1.29, 1.82) is 0 Å². The second kappa shape index (κ2) is 10.7. The number of nitrogens with zero attached hydrogens (tertiary/aromatic N) is 2. The van der Waals surface area contributed by atoms with Gasteiger partial charge in [-0.05, 0) is 39.3 Å². The standard InChI is InChI=1S/C21H31N3O5/c1-21(2,3)29-20(27)22-16-19(26)24-13-11-23(12-14-24)18(25)10-7-15-28-17-8-5-4-6-9-17/h4-6,8-9H,7,10-16H2,1-3H3,(H,22,27). The first kappa shape index (κ1) is 22.5. The highest BCUT2D eigenvalue weighted by Crippen LogP contribution is 2.10. The van der Waals surface area contributed by atoms with Gasteiger partial charge in [0.1, 0.15) is 17.9 Å². The van der Waals surface area contributed by atoms with Gasteiger partial charge < -0.3 is 24.6 Å². The highest BCUT2D eigenvalue weighted by molar-refractivity contribution is 5.83. The smallest absolute Gasteiger partial charge is 0.408 e. The van der Waals surface area contributed by atoms with E-state index in [1.54, 1.807) is 30.6 Å². The summed E-state index contributed by atoms with van der Waals surface area (Å²) in [5, 5.41) is 2.47. The molecule has 0 spiro atoms. The molecule has 0 aliphatic carbocycles. The van der Waals surface area contributed by atoms with Gasteiger partial charge in [-0.15, -0.1) is 0 Å². The summed E-state index contributed by atoms with van der Waals surface area (Å²) < 4.78 is 10.7. The number of alkyl carbamates (subject to hydrolysis) is 1. The number of para-hydroxylation sites is 1. The van der Waals surface area contributed by atoms with Crippen LogP contribution < -0.4 is 10.1 Å². The summed E-state index contributed by atoms with van der Waals surface area (Å²) >= 11 is 0. The SMILES string of the molecule is CC(C)(C)OC(=O)NCC(=O)N1CCN(C(=O)CCCOc2ccccc2)CC1. The number of carbonyl (C=O) groups is 3. The molecule has 8 heteroatoms. The zero-order valence-corrected chi connectivity index (χ0v) is 17.5. The predicted octanol–water partition coefficient (Wildman–Crippen LogP) is 2.04. The van der Waals surface area contributed by atoms with Gasteiger partial charge in [-0.1, -0.05) is 18.2 Å². The Bertz CT molecular complexity index is 679. The summed E-state index contributed by atoms with van der Waals surface area (Å²) in [5.41, 5.74) is -0.606. The number of hydrogen-bond donors (Lipinski definition) is 1. The maximum atomic E-state index is 12.3. The van der Waals surface area contributed by atoms with Crippen LogP contribution in [0.5, 0.6) is 5.75 Å². The third-order valence-corrected chi connectivity index (χ3v) is 4.31. The molecule has 0 unspecified atom stereocenters. The van der Waals surface area contributed by atoms with Gasteiger partial charge in [0.15, 0.2) is 0 Å². The fraction of sp³-hybridized carbons (Fsp3) is 0.571. The number of nitrogens with one attached hydrogen (secondary N) is 1. The van der Waals surface area contributed by atoms with Crippen molar-refractivity contribution in [1.82, 2.24) is 15.1 Å². The molecular weight excluding hydrogens is 374 g/mol. The van der Waals surface area contributed by atoms with Gasteiger partial charge in [-0.25, -0.2) is 4.79 Å². The molecule has 0 bridgehead atoms. The number of ether oxygens (including phenoxy) is 2. The summed E-state index contributed by atoms with van der Waals surface area (Å²) in [4.78, 5) is 39.6. The molecule has 0 saturated carbocycles. The highest BCUT2D eigenvalue weighted by atomic mass is 16.6. The van der Waals surface area contributed by atoms with Crippen LogP contribution >= 0.6 is 0 Å². The van der Waals surface area contributed by atoms with Crippen molar-refractivity contribution in [2.45, 2.75) is 39.2 Å².